The number of benzene rings is 1. The molecule has 0 radical (unpaired) electrons. The van der Waals surface area contributed by atoms with Crippen LogP contribution in [0.1, 0.15) is 40.5 Å². The van der Waals surface area contributed by atoms with Gasteiger partial charge in [-0.05, 0) is 58.2 Å². The van der Waals surface area contributed by atoms with Crippen molar-refractivity contribution < 1.29 is 0 Å². The predicted molar refractivity (Wildman–Crippen MR) is 105 cm³/mol. The molecule has 1 aromatic carbocycles. The third kappa shape index (κ3) is 4.41. The molecule has 0 spiro atoms. The van der Waals surface area contributed by atoms with Crippen LogP contribution in [0.3, 0.4) is 0 Å². The van der Waals surface area contributed by atoms with Gasteiger partial charge in [-0.15, -0.1) is 0 Å². The fourth-order valence-electron chi connectivity index (χ4n) is 3.99. The van der Waals surface area contributed by atoms with Gasteiger partial charge in [0.1, 0.15) is 5.82 Å². The molecular formula is C19H26ClN5. The Bertz CT molecular complexity index is 756. The maximum atomic E-state index is 6.15. The minimum atomic E-state index is 0.0498. The fraction of sp³-hybridized carbons (Fsp3) is 0.474. The number of hydrogen-bond acceptors (Lipinski definition) is 5. The molecule has 1 aliphatic rings. The van der Waals surface area contributed by atoms with Crippen LogP contribution in [0.15, 0.2) is 30.5 Å². The highest BCUT2D eigenvalue weighted by Gasteiger charge is 2.37. The average molecular weight is 360 g/mol. The quantitative estimate of drug-likeness (QED) is 0.769. The zero-order valence-electron chi connectivity index (χ0n) is 15.2. The van der Waals surface area contributed by atoms with E-state index >= 15 is 0 Å². The lowest BCUT2D eigenvalue weighted by atomic mass is 9.79. The van der Waals surface area contributed by atoms with Gasteiger partial charge in [-0.3, -0.25) is 0 Å². The van der Waals surface area contributed by atoms with Gasteiger partial charge in [0, 0.05) is 33.9 Å². The van der Waals surface area contributed by atoms with Gasteiger partial charge in [0.15, 0.2) is 0 Å². The Morgan fingerprint density at radius 3 is 2.52 bits per heavy atom. The molecule has 1 aliphatic heterocycles. The SMILES string of the molecule is CC1(C)CC(Nc2nc(N)ncc2-c2cccc(Cl)c2)CC(C)(C)N1. The number of anilines is 2. The highest BCUT2D eigenvalue weighted by Crippen LogP contribution is 2.33. The molecule has 2 aromatic rings. The Morgan fingerprint density at radius 1 is 1.20 bits per heavy atom. The van der Waals surface area contributed by atoms with Crippen LogP contribution in [-0.4, -0.2) is 27.1 Å². The summed E-state index contributed by atoms with van der Waals surface area (Å²) in [7, 11) is 0. The van der Waals surface area contributed by atoms with Crippen LogP contribution in [-0.2, 0) is 0 Å². The van der Waals surface area contributed by atoms with Crippen molar-refractivity contribution in [3.8, 4) is 11.1 Å². The van der Waals surface area contributed by atoms with E-state index in [1.807, 2.05) is 24.3 Å². The first-order chi connectivity index (χ1) is 11.6. The summed E-state index contributed by atoms with van der Waals surface area (Å²) in [6.07, 6.45) is 3.75. The number of rotatable bonds is 3. The van der Waals surface area contributed by atoms with Crippen molar-refractivity contribution in [2.24, 2.45) is 0 Å². The van der Waals surface area contributed by atoms with Crippen molar-refractivity contribution in [2.45, 2.75) is 57.7 Å². The Morgan fingerprint density at radius 2 is 1.88 bits per heavy atom. The molecule has 0 amide bonds. The van der Waals surface area contributed by atoms with Crippen LogP contribution >= 0.6 is 11.6 Å². The number of nitrogens with zero attached hydrogens (tertiary/aromatic N) is 2. The molecule has 0 bridgehead atoms. The lowest BCUT2D eigenvalue weighted by molar-refractivity contribution is 0.170. The highest BCUT2D eigenvalue weighted by atomic mass is 35.5. The number of halogens is 1. The third-order valence-electron chi connectivity index (χ3n) is 4.47. The summed E-state index contributed by atoms with van der Waals surface area (Å²) < 4.78 is 0. The van der Waals surface area contributed by atoms with Crippen molar-refractivity contribution in [3.63, 3.8) is 0 Å². The Kier molecular flexibility index (Phi) is 4.64. The van der Waals surface area contributed by atoms with Gasteiger partial charge in [-0.1, -0.05) is 23.7 Å². The maximum absolute atomic E-state index is 6.15. The second kappa shape index (κ2) is 6.46. The topological polar surface area (TPSA) is 75.9 Å². The normalized spacial score (nSPS) is 19.6. The molecule has 5 nitrogen and oxygen atoms in total. The van der Waals surface area contributed by atoms with Gasteiger partial charge in [-0.2, -0.15) is 4.98 Å². The molecule has 1 aromatic heterocycles. The molecule has 4 N–H and O–H groups in total. The molecule has 25 heavy (non-hydrogen) atoms. The van der Waals surface area contributed by atoms with Crippen LogP contribution < -0.4 is 16.4 Å². The predicted octanol–water partition coefficient (Wildman–Crippen LogP) is 4.10. The fourth-order valence-corrected chi connectivity index (χ4v) is 4.18. The lowest BCUT2D eigenvalue weighted by Crippen LogP contribution is -2.60. The molecule has 0 unspecified atom stereocenters. The number of piperidine rings is 1. The summed E-state index contributed by atoms with van der Waals surface area (Å²) in [4.78, 5) is 8.63. The van der Waals surface area contributed by atoms with Crippen molar-refractivity contribution in [3.05, 3.63) is 35.5 Å². The number of nitrogen functional groups attached to an aromatic ring is 1. The first-order valence-corrected chi connectivity index (χ1v) is 8.96. The molecule has 3 rings (SSSR count). The molecule has 0 saturated carbocycles. The van der Waals surface area contributed by atoms with E-state index in [0.717, 1.165) is 29.8 Å². The van der Waals surface area contributed by atoms with Crippen molar-refractivity contribution in [2.75, 3.05) is 11.1 Å². The number of hydrogen-bond donors (Lipinski definition) is 3. The molecule has 1 saturated heterocycles. The van der Waals surface area contributed by atoms with Gasteiger partial charge >= 0.3 is 0 Å². The van der Waals surface area contributed by atoms with E-state index in [1.54, 1.807) is 6.20 Å². The Labute approximate surface area is 154 Å². The van der Waals surface area contributed by atoms with Gasteiger partial charge < -0.3 is 16.4 Å². The van der Waals surface area contributed by atoms with Crippen molar-refractivity contribution in [1.82, 2.24) is 15.3 Å². The van der Waals surface area contributed by atoms with Gasteiger partial charge in [0.05, 0.1) is 0 Å². The largest absolute Gasteiger partial charge is 0.368 e. The second-order valence-electron chi connectivity index (χ2n) is 8.14. The van der Waals surface area contributed by atoms with Gasteiger partial charge in [0.2, 0.25) is 5.95 Å². The molecule has 2 heterocycles. The minimum absolute atomic E-state index is 0.0498. The Balaban J connectivity index is 1.93. The van der Waals surface area contributed by atoms with E-state index in [9.17, 15) is 0 Å². The van der Waals surface area contributed by atoms with Crippen LogP contribution in [0.2, 0.25) is 5.02 Å². The molecular weight excluding hydrogens is 334 g/mol. The molecule has 0 atom stereocenters. The summed E-state index contributed by atoms with van der Waals surface area (Å²) in [5.74, 6) is 1.02. The van der Waals surface area contributed by atoms with E-state index in [-0.39, 0.29) is 17.0 Å². The summed E-state index contributed by atoms with van der Waals surface area (Å²) in [6.45, 7) is 8.92. The second-order valence-corrected chi connectivity index (χ2v) is 8.58. The van der Waals surface area contributed by atoms with Crippen LogP contribution in [0.25, 0.3) is 11.1 Å². The minimum Gasteiger partial charge on any atom is -0.368 e. The molecule has 6 heteroatoms. The van der Waals surface area contributed by atoms with E-state index in [4.69, 9.17) is 17.3 Å². The smallest absolute Gasteiger partial charge is 0.221 e. The lowest BCUT2D eigenvalue weighted by Gasteiger charge is -2.46. The first-order valence-electron chi connectivity index (χ1n) is 8.58. The van der Waals surface area contributed by atoms with Crippen LogP contribution in [0.4, 0.5) is 11.8 Å². The van der Waals surface area contributed by atoms with E-state index in [2.05, 4.69) is 48.3 Å². The summed E-state index contributed by atoms with van der Waals surface area (Å²) in [5, 5.41) is 7.99. The molecule has 0 aliphatic carbocycles. The van der Waals surface area contributed by atoms with Gasteiger partial charge in [-0.25, -0.2) is 4.98 Å². The third-order valence-corrected chi connectivity index (χ3v) is 4.71. The summed E-state index contributed by atoms with van der Waals surface area (Å²) >= 11 is 6.15. The maximum Gasteiger partial charge on any atom is 0.221 e. The zero-order chi connectivity index (χ0) is 18.2. The zero-order valence-corrected chi connectivity index (χ0v) is 16.0. The van der Waals surface area contributed by atoms with Crippen LogP contribution in [0.5, 0.6) is 0 Å². The van der Waals surface area contributed by atoms with Gasteiger partial charge in [0.25, 0.3) is 0 Å². The monoisotopic (exact) mass is 359 g/mol. The number of nitrogens with two attached hydrogens (primary N) is 1. The number of aromatic nitrogens is 2. The van der Waals surface area contributed by atoms with E-state index in [1.165, 1.54) is 0 Å². The van der Waals surface area contributed by atoms with E-state index < -0.39 is 0 Å². The number of nitrogens with one attached hydrogen (secondary N) is 2. The summed E-state index contributed by atoms with van der Waals surface area (Å²) in [5.41, 5.74) is 7.83. The average Bonchev–Trinajstić information content (AvgIpc) is 2.43. The standard InChI is InChI=1S/C19H26ClN5/c1-18(2)9-14(10-19(3,4)25-18)23-16-15(11-22-17(21)24-16)12-6-5-7-13(20)8-12/h5-8,11,14,25H,9-10H2,1-4H3,(H3,21,22,23,24). The van der Waals surface area contributed by atoms with Crippen molar-refractivity contribution >= 4 is 23.4 Å². The Hall–Kier alpha value is -1.85. The van der Waals surface area contributed by atoms with Crippen LogP contribution in [0, 0.1) is 0 Å². The summed E-state index contributed by atoms with van der Waals surface area (Å²) in [6, 6.07) is 7.99. The first kappa shape index (κ1) is 18.0. The molecule has 134 valence electrons. The van der Waals surface area contributed by atoms with Crippen molar-refractivity contribution in [1.29, 1.82) is 0 Å². The molecule has 1 fully saturated rings. The highest BCUT2D eigenvalue weighted by molar-refractivity contribution is 6.30. The van der Waals surface area contributed by atoms with E-state index in [0.29, 0.717) is 11.1 Å².